The van der Waals surface area contributed by atoms with Crippen LogP contribution in [0.3, 0.4) is 0 Å². The molecule has 0 spiro atoms. The molecular formula is C18H25N3O2S. The smallest absolute Gasteiger partial charge is 0.338 e. The number of hydrogen-bond acceptors (Lipinski definition) is 4. The minimum Gasteiger partial charge on any atom is -0.463 e. The molecule has 0 aromatic heterocycles. The summed E-state index contributed by atoms with van der Waals surface area (Å²) in [6, 6.07) is 7.92. The van der Waals surface area contributed by atoms with Gasteiger partial charge in [0.25, 0.3) is 0 Å². The Bertz CT molecular complexity index is 636. The molecule has 1 aromatic carbocycles. The number of carbonyl (C=O) groups excluding carboxylic acids is 1. The summed E-state index contributed by atoms with van der Waals surface area (Å²) in [5.41, 5.74) is 3.45. The van der Waals surface area contributed by atoms with Crippen LogP contribution in [0.5, 0.6) is 0 Å². The van der Waals surface area contributed by atoms with E-state index in [1.165, 1.54) is 5.69 Å². The molecular weight excluding hydrogens is 322 g/mol. The summed E-state index contributed by atoms with van der Waals surface area (Å²) in [5, 5.41) is 6.70. The van der Waals surface area contributed by atoms with Crippen LogP contribution in [0.2, 0.25) is 0 Å². The third-order valence-electron chi connectivity index (χ3n) is 4.12. The Morgan fingerprint density at radius 1 is 1.21 bits per heavy atom. The largest absolute Gasteiger partial charge is 0.463 e. The van der Waals surface area contributed by atoms with Gasteiger partial charge < -0.3 is 20.3 Å². The number of allylic oxidation sites excluding steroid dienone is 1. The molecule has 2 rings (SSSR count). The topological polar surface area (TPSA) is 53.6 Å². The number of thiocarbonyl (C=S) groups is 1. The van der Waals surface area contributed by atoms with Crippen LogP contribution < -0.4 is 15.5 Å². The van der Waals surface area contributed by atoms with Gasteiger partial charge in [0.05, 0.1) is 18.2 Å². The van der Waals surface area contributed by atoms with Gasteiger partial charge in [0.1, 0.15) is 0 Å². The van der Waals surface area contributed by atoms with Gasteiger partial charge in [0.2, 0.25) is 0 Å². The maximum atomic E-state index is 12.4. The van der Waals surface area contributed by atoms with Crippen molar-refractivity contribution < 1.29 is 9.53 Å². The van der Waals surface area contributed by atoms with Crippen molar-refractivity contribution in [1.29, 1.82) is 0 Å². The van der Waals surface area contributed by atoms with Crippen LogP contribution in [0.4, 0.5) is 5.69 Å². The number of carbonyl (C=O) groups is 1. The van der Waals surface area contributed by atoms with Gasteiger partial charge in [-0.1, -0.05) is 12.1 Å². The second-order valence-electron chi connectivity index (χ2n) is 5.55. The molecule has 1 aliphatic rings. The first-order chi connectivity index (χ1) is 11.5. The summed E-state index contributed by atoms with van der Waals surface area (Å²) in [4.78, 5) is 14.6. The molecule has 2 N–H and O–H groups in total. The van der Waals surface area contributed by atoms with Crippen LogP contribution >= 0.6 is 12.2 Å². The number of rotatable bonds is 6. The van der Waals surface area contributed by atoms with E-state index in [9.17, 15) is 4.79 Å². The van der Waals surface area contributed by atoms with Gasteiger partial charge in [0, 0.05) is 24.5 Å². The molecule has 5 nitrogen and oxygen atoms in total. The molecule has 0 bridgehead atoms. The molecule has 0 amide bonds. The van der Waals surface area contributed by atoms with Gasteiger partial charge in [-0.3, -0.25) is 0 Å². The quantitative estimate of drug-likeness (QED) is 0.610. The summed E-state index contributed by atoms with van der Waals surface area (Å²) in [7, 11) is 0. The Morgan fingerprint density at radius 2 is 1.83 bits per heavy atom. The second kappa shape index (κ2) is 8.15. The third-order valence-corrected chi connectivity index (χ3v) is 4.34. The molecule has 0 fully saturated rings. The monoisotopic (exact) mass is 347 g/mol. The minimum atomic E-state index is -0.324. The first-order valence-corrected chi connectivity index (χ1v) is 8.72. The van der Waals surface area contributed by atoms with Crippen LogP contribution in [0, 0.1) is 0 Å². The van der Waals surface area contributed by atoms with Crippen molar-refractivity contribution in [3.05, 3.63) is 41.1 Å². The van der Waals surface area contributed by atoms with Crippen molar-refractivity contribution >= 4 is 29.0 Å². The molecule has 6 heteroatoms. The van der Waals surface area contributed by atoms with Crippen LogP contribution in [0.25, 0.3) is 0 Å². The number of anilines is 1. The molecule has 0 saturated heterocycles. The molecule has 0 aliphatic carbocycles. The van der Waals surface area contributed by atoms with E-state index in [1.807, 2.05) is 19.1 Å². The number of nitrogens with zero attached hydrogens (tertiary/aromatic N) is 1. The Kier molecular flexibility index (Phi) is 6.20. The Labute approximate surface area is 149 Å². The summed E-state index contributed by atoms with van der Waals surface area (Å²) >= 11 is 5.25. The highest BCUT2D eigenvalue weighted by Gasteiger charge is 2.30. The van der Waals surface area contributed by atoms with E-state index in [4.69, 9.17) is 17.0 Å². The summed E-state index contributed by atoms with van der Waals surface area (Å²) in [5.74, 6) is -0.324. The minimum absolute atomic E-state index is 0.302. The highest BCUT2D eigenvalue weighted by molar-refractivity contribution is 7.80. The molecule has 24 heavy (non-hydrogen) atoms. The summed E-state index contributed by atoms with van der Waals surface area (Å²) < 4.78 is 5.21. The summed E-state index contributed by atoms with van der Waals surface area (Å²) in [6.07, 6.45) is 0. The standard InChI is InChI=1S/C18H25N3O2S/c1-5-21(6-2)14-10-8-13(9-11-14)16-15(17(22)23-7-3)12(4)19-18(24)20-16/h8-11,16H,5-7H2,1-4H3,(H2,19,20,24)/t16-/m1/s1. The van der Waals surface area contributed by atoms with Gasteiger partial charge in [-0.15, -0.1) is 0 Å². The van der Waals surface area contributed by atoms with Crippen molar-refractivity contribution in [2.75, 3.05) is 24.6 Å². The fourth-order valence-corrected chi connectivity index (χ4v) is 3.16. The zero-order chi connectivity index (χ0) is 17.7. The Morgan fingerprint density at radius 3 is 2.38 bits per heavy atom. The van der Waals surface area contributed by atoms with E-state index in [0.29, 0.717) is 17.3 Å². The van der Waals surface area contributed by atoms with E-state index >= 15 is 0 Å². The molecule has 0 unspecified atom stereocenters. The fourth-order valence-electron chi connectivity index (χ4n) is 2.89. The van der Waals surface area contributed by atoms with Crippen LogP contribution in [0.15, 0.2) is 35.5 Å². The van der Waals surface area contributed by atoms with Gasteiger partial charge in [0.15, 0.2) is 5.11 Å². The van der Waals surface area contributed by atoms with Crippen molar-refractivity contribution in [1.82, 2.24) is 10.6 Å². The summed E-state index contributed by atoms with van der Waals surface area (Å²) in [6.45, 7) is 10.2. The lowest BCUT2D eigenvalue weighted by atomic mass is 9.95. The maximum absolute atomic E-state index is 12.4. The molecule has 1 aliphatic heterocycles. The van der Waals surface area contributed by atoms with E-state index < -0.39 is 0 Å². The second-order valence-corrected chi connectivity index (χ2v) is 5.96. The number of benzene rings is 1. The number of ether oxygens (including phenoxy) is 1. The van der Waals surface area contributed by atoms with E-state index in [-0.39, 0.29) is 12.0 Å². The molecule has 130 valence electrons. The van der Waals surface area contributed by atoms with Gasteiger partial charge in [-0.2, -0.15) is 0 Å². The van der Waals surface area contributed by atoms with Crippen molar-refractivity contribution in [2.45, 2.75) is 33.7 Å². The van der Waals surface area contributed by atoms with Gasteiger partial charge >= 0.3 is 5.97 Å². The zero-order valence-electron chi connectivity index (χ0n) is 14.7. The lowest BCUT2D eigenvalue weighted by Crippen LogP contribution is -2.45. The molecule has 1 atom stereocenters. The van der Waals surface area contributed by atoms with E-state index in [1.54, 1.807) is 6.92 Å². The van der Waals surface area contributed by atoms with Gasteiger partial charge in [-0.25, -0.2) is 4.79 Å². The molecule has 1 heterocycles. The average Bonchev–Trinajstić information content (AvgIpc) is 2.56. The number of nitrogens with one attached hydrogen (secondary N) is 2. The highest BCUT2D eigenvalue weighted by atomic mass is 32.1. The number of esters is 1. The molecule has 0 radical (unpaired) electrons. The average molecular weight is 347 g/mol. The van der Waals surface area contributed by atoms with E-state index in [0.717, 1.165) is 24.4 Å². The Hall–Kier alpha value is -2.08. The van der Waals surface area contributed by atoms with Crippen LogP contribution in [0.1, 0.15) is 39.3 Å². The lowest BCUT2D eigenvalue weighted by Gasteiger charge is -2.30. The fraction of sp³-hybridized carbons (Fsp3) is 0.444. The maximum Gasteiger partial charge on any atom is 0.338 e. The molecule has 0 saturated carbocycles. The predicted octanol–water partition coefficient (Wildman–Crippen LogP) is 2.89. The first-order valence-electron chi connectivity index (χ1n) is 8.32. The predicted molar refractivity (Wildman–Crippen MR) is 101 cm³/mol. The zero-order valence-corrected chi connectivity index (χ0v) is 15.5. The number of hydrogen-bond donors (Lipinski definition) is 2. The highest BCUT2D eigenvalue weighted by Crippen LogP contribution is 2.29. The van der Waals surface area contributed by atoms with Crippen molar-refractivity contribution in [3.63, 3.8) is 0 Å². The van der Waals surface area contributed by atoms with E-state index in [2.05, 4.69) is 41.5 Å². The van der Waals surface area contributed by atoms with Crippen molar-refractivity contribution in [2.24, 2.45) is 0 Å². The molecule has 1 aromatic rings. The first kappa shape index (κ1) is 18.3. The normalized spacial score (nSPS) is 17.2. The van der Waals surface area contributed by atoms with Crippen LogP contribution in [-0.2, 0) is 9.53 Å². The third kappa shape index (κ3) is 3.87. The lowest BCUT2D eigenvalue weighted by molar-refractivity contribution is -0.139. The van der Waals surface area contributed by atoms with Gasteiger partial charge in [-0.05, 0) is 57.6 Å². The van der Waals surface area contributed by atoms with Crippen molar-refractivity contribution in [3.8, 4) is 0 Å². The SMILES string of the molecule is CCOC(=O)C1=C(C)NC(=S)N[C@@H]1c1ccc(N(CC)CC)cc1. The van der Waals surface area contributed by atoms with Crippen LogP contribution in [-0.4, -0.2) is 30.8 Å². The Balaban J connectivity index is 2.35.